The van der Waals surface area contributed by atoms with Gasteiger partial charge in [-0.1, -0.05) is 0 Å². The molecule has 0 saturated carbocycles. The summed E-state index contributed by atoms with van der Waals surface area (Å²) in [4.78, 5) is 24.2. The molecule has 2 aromatic heterocycles. The lowest BCUT2D eigenvalue weighted by Gasteiger charge is -1.88. The van der Waals surface area contributed by atoms with Crippen molar-refractivity contribution in [2.75, 3.05) is 11.5 Å². The lowest BCUT2D eigenvalue weighted by Crippen LogP contribution is -2.09. The average molecular weight is 474 g/mol. The summed E-state index contributed by atoms with van der Waals surface area (Å²) in [5, 5.41) is 20.1. The SMILES string of the molecule is Nc1ccc([N+](=O)[O-])c[nH+]1.Nc1ccc([N+](=O)[O-])c[nH+]1.O=S(=O)([O-])O.O=S(=O)([O-])O. The van der Waals surface area contributed by atoms with E-state index in [4.69, 9.17) is 46.5 Å². The predicted molar refractivity (Wildman–Crippen MR) is 92.8 cm³/mol. The number of rotatable bonds is 2. The number of anilines is 2. The second-order valence-corrected chi connectivity index (χ2v) is 6.09. The molecule has 0 unspecified atom stereocenters. The van der Waals surface area contributed by atoms with Crippen LogP contribution in [0, 0.1) is 20.2 Å². The smallest absolute Gasteiger partial charge is 0.308 e. The molecule has 0 amide bonds. The van der Waals surface area contributed by atoms with E-state index in [1.165, 1.54) is 36.7 Å². The molecule has 8 N–H and O–H groups in total. The predicted octanol–water partition coefficient (Wildman–Crippen LogP) is -2.01. The van der Waals surface area contributed by atoms with Crippen molar-refractivity contribution in [1.29, 1.82) is 0 Å². The first kappa shape index (κ1) is 28.6. The maximum Gasteiger partial charge on any atom is 0.308 e. The number of nitrogens with zero attached hydrogens (tertiary/aromatic N) is 2. The Hall–Kier alpha value is -3.56. The van der Waals surface area contributed by atoms with Gasteiger partial charge in [0.2, 0.25) is 20.8 Å². The molecule has 18 nitrogen and oxygen atoms in total. The highest BCUT2D eigenvalue weighted by Gasteiger charge is 2.06. The zero-order chi connectivity index (χ0) is 24.1. The number of nitrogens with two attached hydrogens (primary N) is 2. The van der Waals surface area contributed by atoms with Gasteiger partial charge in [0.15, 0.2) is 12.4 Å². The first-order valence-electron chi connectivity index (χ1n) is 6.60. The van der Waals surface area contributed by atoms with Crippen molar-refractivity contribution >= 4 is 43.8 Å². The molecule has 2 aromatic rings. The number of aromatic nitrogens is 2. The molecular weight excluding hydrogens is 460 g/mol. The van der Waals surface area contributed by atoms with Gasteiger partial charge >= 0.3 is 11.4 Å². The molecular formula is C10H14N6O12S2. The number of H-pyrrole nitrogens is 2. The maximum absolute atomic E-state index is 10.1. The highest BCUT2D eigenvalue weighted by molar-refractivity contribution is 7.80. The van der Waals surface area contributed by atoms with Crippen molar-refractivity contribution < 1.29 is 54.9 Å². The summed E-state index contributed by atoms with van der Waals surface area (Å²) in [5.74, 6) is 0.816. The Morgan fingerprint density at radius 1 is 0.733 bits per heavy atom. The number of hydrogen-bond donors (Lipinski definition) is 4. The largest absolute Gasteiger partial charge is 0.726 e. The van der Waals surface area contributed by atoms with E-state index in [0.29, 0.717) is 11.6 Å². The minimum absolute atomic E-state index is 0.00852. The van der Waals surface area contributed by atoms with Crippen LogP contribution >= 0.6 is 0 Å². The zero-order valence-corrected chi connectivity index (χ0v) is 15.9. The van der Waals surface area contributed by atoms with Crippen molar-refractivity contribution in [3.8, 4) is 0 Å². The number of pyridine rings is 2. The summed E-state index contributed by atoms with van der Waals surface area (Å²) in [5.41, 5.74) is 10.5. The fourth-order valence-electron chi connectivity index (χ4n) is 1.08. The second-order valence-electron chi connectivity index (χ2n) is 4.37. The molecule has 0 aliphatic rings. The summed E-state index contributed by atoms with van der Waals surface area (Å²) in [7, 11) is -9.83. The third-order valence-electron chi connectivity index (χ3n) is 2.06. The zero-order valence-electron chi connectivity index (χ0n) is 14.3. The number of nitro groups is 2. The minimum Gasteiger partial charge on any atom is -0.726 e. The van der Waals surface area contributed by atoms with Gasteiger partial charge in [0.1, 0.15) is 0 Å². The molecule has 0 aromatic carbocycles. The Bertz CT molecular complexity index is 923. The van der Waals surface area contributed by atoms with Crippen molar-refractivity contribution in [1.82, 2.24) is 0 Å². The first-order valence-corrected chi connectivity index (χ1v) is 9.33. The van der Waals surface area contributed by atoms with Crippen LogP contribution < -0.4 is 21.4 Å². The Labute approximate surface area is 167 Å². The number of nitrogens with one attached hydrogen (secondary N) is 2. The maximum atomic E-state index is 10.1. The van der Waals surface area contributed by atoms with E-state index in [0.717, 1.165) is 0 Å². The molecule has 0 aliphatic carbocycles. The Morgan fingerprint density at radius 3 is 1.10 bits per heavy atom. The van der Waals surface area contributed by atoms with E-state index in [9.17, 15) is 20.2 Å². The number of aromatic amines is 2. The van der Waals surface area contributed by atoms with Gasteiger partial charge < -0.3 is 9.11 Å². The van der Waals surface area contributed by atoms with Crippen LogP contribution in [-0.4, -0.2) is 44.9 Å². The third kappa shape index (κ3) is 22.5. The Kier molecular flexibility index (Phi) is 12.2. The molecule has 2 heterocycles. The molecule has 0 aliphatic heterocycles. The van der Waals surface area contributed by atoms with Crippen molar-refractivity contribution in [3.63, 3.8) is 0 Å². The molecule has 168 valence electrons. The molecule has 0 spiro atoms. The van der Waals surface area contributed by atoms with E-state index in [2.05, 4.69) is 9.97 Å². The van der Waals surface area contributed by atoms with Gasteiger partial charge in [0.05, 0.1) is 9.85 Å². The van der Waals surface area contributed by atoms with Gasteiger partial charge in [0.25, 0.3) is 11.6 Å². The molecule has 0 radical (unpaired) electrons. The van der Waals surface area contributed by atoms with E-state index >= 15 is 0 Å². The molecule has 0 saturated heterocycles. The number of hydrogen-bond acceptors (Lipinski definition) is 12. The normalized spacial score (nSPS) is 10.0. The Balaban J connectivity index is 0. The standard InChI is InChI=1S/2C5H5N3O2.2H2O4S/c2*6-5-2-1-4(3-7-5)8(9)10;2*1-5(2,3)4/h2*1-3H,(H2,6,7);2*(H2,1,2,3,4). The molecule has 0 fully saturated rings. The molecule has 0 bridgehead atoms. The minimum atomic E-state index is -4.92. The summed E-state index contributed by atoms with van der Waals surface area (Å²) in [6.45, 7) is 0. The van der Waals surface area contributed by atoms with Crippen LogP contribution in [0.1, 0.15) is 0 Å². The van der Waals surface area contributed by atoms with Gasteiger partial charge in [-0.2, -0.15) is 0 Å². The van der Waals surface area contributed by atoms with Gasteiger partial charge in [-0.3, -0.25) is 40.8 Å². The number of nitrogen functional groups attached to an aromatic ring is 2. The van der Waals surface area contributed by atoms with Crippen molar-refractivity contribution in [3.05, 3.63) is 56.9 Å². The topological polar surface area (TPSA) is 321 Å². The Morgan fingerprint density at radius 2 is 0.967 bits per heavy atom. The van der Waals surface area contributed by atoms with Gasteiger partial charge in [-0.25, -0.2) is 26.8 Å². The highest BCUT2D eigenvalue weighted by atomic mass is 32.3. The van der Waals surface area contributed by atoms with Crippen LogP contribution in [0.3, 0.4) is 0 Å². The second kappa shape index (κ2) is 12.8. The van der Waals surface area contributed by atoms with Crippen LogP contribution in [-0.2, 0) is 20.8 Å². The van der Waals surface area contributed by atoms with E-state index in [-0.39, 0.29) is 11.4 Å². The molecule has 2 rings (SSSR count). The van der Waals surface area contributed by atoms with Crippen LogP contribution in [0.15, 0.2) is 36.7 Å². The highest BCUT2D eigenvalue weighted by Crippen LogP contribution is 2.06. The summed E-state index contributed by atoms with van der Waals surface area (Å²) in [6, 6.07) is 5.56. The van der Waals surface area contributed by atoms with Crippen molar-refractivity contribution in [2.24, 2.45) is 0 Å². The lowest BCUT2D eigenvalue weighted by molar-refractivity contribution is -0.413. The summed E-state index contributed by atoms with van der Waals surface area (Å²) < 4.78 is 65.7. The summed E-state index contributed by atoms with van der Waals surface area (Å²) in [6.07, 6.45) is 2.49. The van der Waals surface area contributed by atoms with Crippen LogP contribution in [0.5, 0.6) is 0 Å². The fraction of sp³-hybridized carbons (Fsp3) is 0. The lowest BCUT2D eigenvalue weighted by atomic mass is 10.4. The molecule has 30 heavy (non-hydrogen) atoms. The fourth-order valence-corrected chi connectivity index (χ4v) is 1.08. The third-order valence-corrected chi connectivity index (χ3v) is 2.06. The van der Waals surface area contributed by atoms with Gasteiger partial charge in [-0.05, 0) is 0 Å². The van der Waals surface area contributed by atoms with Crippen LogP contribution in [0.4, 0.5) is 23.0 Å². The van der Waals surface area contributed by atoms with Crippen LogP contribution in [0.2, 0.25) is 0 Å². The van der Waals surface area contributed by atoms with E-state index in [1.54, 1.807) is 0 Å². The van der Waals surface area contributed by atoms with E-state index < -0.39 is 30.6 Å². The monoisotopic (exact) mass is 474 g/mol. The van der Waals surface area contributed by atoms with Crippen LogP contribution in [0.25, 0.3) is 0 Å². The van der Waals surface area contributed by atoms with Gasteiger partial charge in [-0.15, -0.1) is 0 Å². The van der Waals surface area contributed by atoms with E-state index in [1.807, 2.05) is 0 Å². The molecule has 20 heteroatoms. The molecule has 0 atom stereocenters. The first-order chi connectivity index (χ1) is 13.4. The average Bonchev–Trinajstić information content (AvgIpc) is 2.53. The quantitative estimate of drug-likeness (QED) is 0.158. The van der Waals surface area contributed by atoms with Crippen molar-refractivity contribution in [2.45, 2.75) is 0 Å². The van der Waals surface area contributed by atoms with Gasteiger partial charge in [0, 0.05) is 24.3 Å². The summed E-state index contributed by atoms with van der Waals surface area (Å²) >= 11 is 0.